The van der Waals surface area contributed by atoms with Crippen molar-refractivity contribution in [2.75, 3.05) is 7.11 Å². The van der Waals surface area contributed by atoms with Gasteiger partial charge in [-0.25, -0.2) is 4.79 Å². The minimum absolute atomic E-state index is 0.273. The number of aryl methyl sites for hydroxylation is 1. The first-order valence-electron chi connectivity index (χ1n) is 5.92. The highest BCUT2D eigenvalue weighted by molar-refractivity contribution is 5.45. The zero-order valence-corrected chi connectivity index (χ0v) is 11.1. The van der Waals surface area contributed by atoms with E-state index in [2.05, 4.69) is 4.98 Å². The van der Waals surface area contributed by atoms with Gasteiger partial charge in [0.1, 0.15) is 11.8 Å². The van der Waals surface area contributed by atoms with E-state index in [0.717, 1.165) is 5.56 Å². The summed E-state index contributed by atoms with van der Waals surface area (Å²) in [6.45, 7) is 1.90. The summed E-state index contributed by atoms with van der Waals surface area (Å²) in [5, 5.41) is 9.03. The predicted molar refractivity (Wildman–Crippen MR) is 72.9 cm³/mol. The second kappa shape index (κ2) is 5.45. The average Bonchev–Trinajstić information content (AvgIpc) is 2.44. The minimum atomic E-state index is -0.477. The number of nitriles is 1. The summed E-state index contributed by atoms with van der Waals surface area (Å²) in [5.41, 5.74) is 0.766. The number of rotatable bonds is 3. The van der Waals surface area contributed by atoms with Crippen LogP contribution in [0.5, 0.6) is 5.75 Å². The normalized spacial score (nSPS) is 10.1. The van der Waals surface area contributed by atoms with E-state index in [4.69, 9.17) is 10.00 Å². The molecule has 20 heavy (non-hydrogen) atoms. The highest BCUT2D eigenvalue weighted by Gasteiger charge is 2.06. The number of ether oxygens (including phenoxy) is 1. The molecule has 2 rings (SSSR count). The quantitative estimate of drug-likeness (QED) is 0.893. The maximum absolute atomic E-state index is 11.7. The molecular weight excluding hydrogens is 258 g/mol. The van der Waals surface area contributed by atoms with Gasteiger partial charge in [0.25, 0.3) is 5.56 Å². The van der Waals surface area contributed by atoms with Crippen molar-refractivity contribution in [3.8, 4) is 11.8 Å². The van der Waals surface area contributed by atoms with Gasteiger partial charge in [-0.15, -0.1) is 0 Å². The predicted octanol–water partition coefficient (Wildman–Crippen LogP) is 0.774. The van der Waals surface area contributed by atoms with E-state index >= 15 is 0 Å². The average molecular weight is 271 g/mol. The van der Waals surface area contributed by atoms with Crippen molar-refractivity contribution in [1.82, 2.24) is 9.55 Å². The summed E-state index contributed by atoms with van der Waals surface area (Å²) < 4.78 is 6.45. The molecule has 0 aliphatic carbocycles. The van der Waals surface area contributed by atoms with Crippen molar-refractivity contribution in [2.24, 2.45) is 0 Å². The van der Waals surface area contributed by atoms with Crippen molar-refractivity contribution in [1.29, 1.82) is 5.26 Å². The summed E-state index contributed by atoms with van der Waals surface area (Å²) in [6, 6.07) is 7.14. The molecule has 1 N–H and O–H groups in total. The molecule has 6 nitrogen and oxygen atoms in total. The van der Waals surface area contributed by atoms with E-state index in [1.165, 1.54) is 17.9 Å². The molecule has 0 spiro atoms. The molecule has 6 heteroatoms. The first kappa shape index (κ1) is 13.6. The van der Waals surface area contributed by atoms with Crippen LogP contribution in [0.25, 0.3) is 0 Å². The van der Waals surface area contributed by atoms with E-state index in [-0.39, 0.29) is 6.54 Å². The molecule has 1 heterocycles. The van der Waals surface area contributed by atoms with Gasteiger partial charge in [0.05, 0.1) is 19.2 Å². The molecule has 0 bridgehead atoms. The summed E-state index contributed by atoms with van der Waals surface area (Å²) in [5.74, 6) is 0.487. The lowest BCUT2D eigenvalue weighted by atomic mass is 10.1. The molecule has 0 saturated carbocycles. The van der Waals surface area contributed by atoms with Crippen LogP contribution in [0.2, 0.25) is 0 Å². The molecule has 0 atom stereocenters. The molecule has 0 unspecified atom stereocenters. The lowest BCUT2D eigenvalue weighted by molar-refractivity contribution is 0.413. The highest BCUT2D eigenvalue weighted by Crippen LogP contribution is 2.19. The van der Waals surface area contributed by atoms with Crippen LogP contribution in [0.1, 0.15) is 16.7 Å². The Labute approximate surface area is 114 Å². The van der Waals surface area contributed by atoms with Gasteiger partial charge in [-0.1, -0.05) is 6.07 Å². The van der Waals surface area contributed by atoms with Crippen LogP contribution in [-0.4, -0.2) is 16.7 Å². The topological polar surface area (TPSA) is 87.9 Å². The Balaban J connectivity index is 2.41. The zero-order chi connectivity index (χ0) is 14.7. The second-order valence-corrected chi connectivity index (χ2v) is 4.35. The number of methoxy groups -OCH3 is 1. The molecule has 0 fully saturated rings. The standard InChI is InChI=1S/C14H13N3O3/c1-9-7-17(14(19)16-13(9)18)8-10-3-4-12(20-2)11(5-10)6-15/h3-5,7H,8H2,1-2H3,(H,16,18,19). The van der Waals surface area contributed by atoms with Crippen molar-refractivity contribution in [2.45, 2.75) is 13.5 Å². The largest absolute Gasteiger partial charge is 0.495 e. The van der Waals surface area contributed by atoms with Crippen LogP contribution >= 0.6 is 0 Å². The molecule has 2 aromatic rings. The Kier molecular flexibility index (Phi) is 3.71. The number of aromatic nitrogens is 2. The fourth-order valence-electron chi connectivity index (χ4n) is 1.87. The Morgan fingerprint density at radius 2 is 2.15 bits per heavy atom. The summed E-state index contributed by atoms with van der Waals surface area (Å²) >= 11 is 0. The number of aromatic amines is 1. The number of hydrogen-bond acceptors (Lipinski definition) is 4. The van der Waals surface area contributed by atoms with Crippen LogP contribution in [0.4, 0.5) is 0 Å². The van der Waals surface area contributed by atoms with Gasteiger partial charge in [-0.2, -0.15) is 5.26 Å². The third kappa shape index (κ3) is 2.62. The molecule has 0 amide bonds. The van der Waals surface area contributed by atoms with Crippen molar-refractivity contribution >= 4 is 0 Å². The van der Waals surface area contributed by atoms with Crippen LogP contribution < -0.4 is 16.0 Å². The molecule has 1 aromatic carbocycles. The van der Waals surface area contributed by atoms with Crippen LogP contribution in [0, 0.1) is 18.3 Å². The first-order valence-corrected chi connectivity index (χ1v) is 5.92. The Bertz CT molecular complexity index is 797. The minimum Gasteiger partial charge on any atom is -0.495 e. The van der Waals surface area contributed by atoms with E-state index in [1.807, 2.05) is 6.07 Å². The number of benzene rings is 1. The lowest BCUT2D eigenvalue weighted by Gasteiger charge is -2.08. The Morgan fingerprint density at radius 3 is 2.80 bits per heavy atom. The Hall–Kier alpha value is -2.81. The molecule has 102 valence electrons. The molecule has 0 saturated heterocycles. The number of nitrogens with zero attached hydrogens (tertiary/aromatic N) is 2. The maximum atomic E-state index is 11.7. The van der Waals surface area contributed by atoms with Gasteiger partial charge in [0.15, 0.2) is 0 Å². The monoisotopic (exact) mass is 271 g/mol. The van der Waals surface area contributed by atoms with Crippen molar-refractivity contribution < 1.29 is 4.74 Å². The first-order chi connectivity index (χ1) is 9.55. The van der Waals surface area contributed by atoms with E-state index < -0.39 is 11.2 Å². The summed E-state index contributed by atoms with van der Waals surface area (Å²) in [4.78, 5) is 25.2. The second-order valence-electron chi connectivity index (χ2n) is 4.35. The van der Waals surface area contributed by atoms with Crippen LogP contribution in [-0.2, 0) is 6.54 Å². The third-order valence-electron chi connectivity index (χ3n) is 2.93. The van der Waals surface area contributed by atoms with E-state index in [0.29, 0.717) is 16.9 Å². The smallest absolute Gasteiger partial charge is 0.328 e. The SMILES string of the molecule is COc1ccc(Cn2cc(C)c(=O)[nH]c2=O)cc1C#N. The van der Waals surface area contributed by atoms with E-state index in [1.54, 1.807) is 25.1 Å². The molecular formula is C14H13N3O3. The Morgan fingerprint density at radius 1 is 1.40 bits per heavy atom. The molecule has 0 radical (unpaired) electrons. The molecule has 0 aliphatic heterocycles. The van der Waals surface area contributed by atoms with Gasteiger partial charge >= 0.3 is 5.69 Å². The van der Waals surface area contributed by atoms with Crippen molar-refractivity contribution in [3.63, 3.8) is 0 Å². The van der Waals surface area contributed by atoms with Gasteiger partial charge in [-0.05, 0) is 24.6 Å². The van der Waals surface area contributed by atoms with Gasteiger partial charge in [-0.3, -0.25) is 14.3 Å². The number of nitrogens with one attached hydrogen (secondary N) is 1. The molecule has 0 aliphatic rings. The fraction of sp³-hybridized carbons (Fsp3) is 0.214. The van der Waals surface area contributed by atoms with E-state index in [9.17, 15) is 9.59 Å². The summed E-state index contributed by atoms with van der Waals surface area (Å²) in [6.07, 6.45) is 1.50. The number of H-pyrrole nitrogens is 1. The zero-order valence-electron chi connectivity index (χ0n) is 11.1. The van der Waals surface area contributed by atoms with Crippen molar-refractivity contribution in [3.05, 3.63) is 61.9 Å². The van der Waals surface area contributed by atoms with Crippen LogP contribution in [0.3, 0.4) is 0 Å². The number of hydrogen-bond donors (Lipinski definition) is 1. The summed E-state index contributed by atoms with van der Waals surface area (Å²) in [7, 11) is 1.49. The van der Waals surface area contributed by atoms with Gasteiger partial charge in [0, 0.05) is 11.8 Å². The third-order valence-corrected chi connectivity index (χ3v) is 2.93. The van der Waals surface area contributed by atoms with Crippen LogP contribution in [0.15, 0.2) is 34.0 Å². The maximum Gasteiger partial charge on any atom is 0.328 e. The highest BCUT2D eigenvalue weighted by atomic mass is 16.5. The molecule has 1 aromatic heterocycles. The van der Waals surface area contributed by atoms with Gasteiger partial charge < -0.3 is 4.74 Å². The fourth-order valence-corrected chi connectivity index (χ4v) is 1.87. The van der Waals surface area contributed by atoms with Gasteiger partial charge in [0.2, 0.25) is 0 Å². The lowest BCUT2D eigenvalue weighted by Crippen LogP contribution is -2.31.